The van der Waals surface area contributed by atoms with E-state index in [0.717, 1.165) is 0 Å². The van der Waals surface area contributed by atoms with E-state index in [9.17, 15) is 0 Å². The zero-order valence-electron chi connectivity index (χ0n) is 25.6. The van der Waals surface area contributed by atoms with E-state index in [1.807, 2.05) is 0 Å². The van der Waals surface area contributed by atoms with Gasteiger partial charge in [0.15, 0.2) is 0 Å². The van der Waals surface area contributed by atoms with Crippen LogP contribution in [0.3, 0.4) is 0 Å². The van der Waals surface area contributed by atoms with E-state index < -0.39 is 0 Å². The monoisotopic (exact) mass is 505 g/mol. The van der Waals surface area contributed by atoms with Crippen molar-refractivity contribution in [3.05, 3.63) is 12.4 Å². The summed E-state index contributed by atoms with van der Waals surface area (Å²) in [4.78, 5) is 5.27. The van der Waals surface area contributed by atoms with Crippen molar-refractivity contribution in [3.63, 3.8) is 0 Å². The maximum atomic E-state index is 2.66. The van der Waals surface area contributed by atoms with Crippen LogP contribution in [0.4, 0.5) is 0 Å². The van der Waals surface area contributed by atoms with Crippen LogP contribution in [0, 0.1) is 0 Å². The molecule has 1 aliphatic rings. The van der Waals surface area contributed by atoms with Crippen LogP contribution in [0.2, 0.25) is 0 Å². The number of nitrogens with zero attached hydrogens (tertiary/aromatic N) is 2. The molecule has 0 saturated heterocycles. The van der Waals surface area contributed by atoms with Crippen molar-refractivity contribution >= 4 is 0 Å². The molecule has 2 nitrogen and oxygen atoms in total. The van der Waals surface area contributed by atoms with Crippen molar-refractivity contribution in [1.29, 1.82) is 0 Å². The highest BCUT2D eigenvalue weighted by molar-refractivity contribution is 4.98. The summed E-state index contributed by atoms with van der Waals surface area (Å²) in [5, 5.41) is 0. The summed E-state index contributed by atoms with van der Waals surface area (Å²) in [5.74, 6) is 0. The highest BCUT2D eigenvalue weighted by Gasteiger charge is 2.26. The van der Waals surface area contributed by atoms with Gasteiger partial charge in [0.05, 0.1) is 0 Å². The molecule has 0 aromatic rings. The summed E-state index contributed by atoms with van der Waals surface area (Å²) < 4.78 is 0. The van der Waals surface area contributed by atoms with Crippen LogP contribution in [0.5, 0.6) is 0 Å². The number of rotatable bonds is 27. The SMILES string of the molecule is CCCCCCCCCCCCCCCCC1N(CCCCCCCCCCCC)C=CN1C(C)C. The fourth-order valence-electron chi connectivity index (χ4n) is 5.89. The van der Waals surface area contributed by atoms with Crippen molar-refractivity contribution in [2.75, 3.05) is 6.54 Å². The zero-order valence-corrected chi connectivity index (χ0v) is 25.6. The Morgan fingerprint density at radius 2 is 0.833 bits per heavy atom. The molecule has 0 amide bonds. The van der Waals surface area contributed by atoms with E-state index in [1.54, 1.807) is 0 Å². The normalized spacial score (nSPS) is 15.6. The molecule has 0 N–H and O–H groups in total. The maximum Gasteiger partial charge on any atom is 0.101 e. The standard InChI is InChI=1S/C34H68N2/c1-5-7-9-11-13-15-17-18-19-20-21-23-25-27-29-34-35(31-32-36(34)33(3)4)30-28-26-24-22-16-14-12-10-8-6-2/h31-34H,5-30H2,1-4H3. The first-order valence-electron chi connectivity index (χ1n) is 16.9. The molecule has 1 unspecified atom stereocenters. The van der Waals surface area contributed by atoms with Crippen LogP contribution in [0.25, 0.3) is 0 Å². The Kier molecular flexibility index (Phi) is 22.9. The van der Waals surface area contributed by atoms with Gasteiger partial charge < -0.3 is 9.80 Å². The van der Waals surface area contributed by atoms with Crippen molar-refractivity contribution < 1.29 is 0 Å². The second kappa shape index (κ2) is 24.7. The first kappa shape index (κ1) is 33.4. The Hall–Kier alpha value is -0.660. The molecule has 0 radical (unpaired) electrons. The van der Waals surface area contributed by atoms with Crippen molar-refractivity contribution in [1.82, 2.24) is 9.80 Å². The molecule has 1 aliphatic heterocycles. The van der Waals surface area contributed by atoms with E-state index in [-0.39, 0.29) is 0 Å². The molecule has 1 rings (SSSR count). The minimum Gasteiger partial charge on any atom is -0.356 e. The zero-order chi connectivity index (χ0) is 26.1. The first-order chi connectivity index (χ1) is 17.7. The van der Waals surface area contributed by atoms with Gasteiger partial charge in [-0.05, 0) is 33.1 Å². The highest BCUT2D eigenvalue weighted by Crippen LogP contribution is 2.25. The molecule has 1 atom stereocenters. The molecule has 2 heteroatoms. The second-order valence-electron chi connectivity index (χ2n) is 12.1. The summed E-state index contributed by atoms with van der Waals surface area (Å²) in [7, 11) is 0. The van der Waals surface area contributed by atoms with Gasteiger partial charge in [0.25, 0.3) is 0 Å². The maximum absolute atomic E-state index is 2.66. The smallest absolute Gasteiger partial charge is 0.101 e. The van der Waals surface area contributed by atoms with E-state index in [4.69, 9.17) is 0 Å². The van der Waals surface area contributed by atoms with Gasteiger partial charge in [-0.25, -0.2) is 0 Å². The summed E-state index contributed by atoms with van der Waals surface area (Å²) >= 11 is 0. The lowest BCUT2D eigenvalue weighted by atomic mass is 10.0. The minimum absolute atomic E-state index is 0.607. The average molecular weight is 505 g/mol. The first-order valence-corrected chi connectivity index (χ1v) is 16.9. The Balaban J connectivity index is 2.03. The van der Waals surface area contributed by atoms with Crippen LogP contribution in [0.15, 0.2) is 12.4 Å². The number of hydrogen-bond donors (Lipinski definition) is 0. The van der Waals surface area contributed by atoms with Crippen LogP contribution >= 0.6 is 0 Å². The van der Waals surface area contributed by atoms with Crippen molar-refractivity contribution in [2.45, 2.75) is 200 Å². The molecule has 36 heavy (non-hydrogen) atoms. The predicted molar refractivity (Wildman–Crippen MR) is 163 cm³/mol. The molecule has 0 fully saturated rings. The fourth-order valence-corrected chi connectivity index (χ4v) is 5.89. The molecule has 0 bridgehead atoms. The number of unbranched alkanes of at least 4 members (excludes halogenated alkanes) is 22. The van der Waals surface area contributed by atoms with Crippen molar-refractivity contribution in [2.24, 2.45) is 0 Å². The predicted octanol–water partition coefficient (Wildman–Crippen LogP) is 11.6. The van der Waals surface area contributed by atoms with Crippen LogP contribution < -0.4 is 0 Å². The lowest BCUT2D eigenvalue weighted by molar-refractivity contribution is 0.114. The second-order valence-corrected chi connectivity index (χ2v) is 12.1. The van der Waals surface area contributed by atoms with E-state index in [0.29, 0.717) is 12.2 Å². The summed E-state index contributed by atoms with van der Waals surface area (Å²) in [6.07, 6.45) is 41.2. The molecule has 1 heterocycles. The fraction of sp³-hybridized carbons (Fsp3) is 0.941. The van der Waals surface area contributed by atoms with Gasteiger partial charge in [-0.1, -0.05) is 155 Å². The van der Waals surface area contributed by atoms with Gasteiger partial charge in [0.2, 0.25) is 0 Å². The number of hydrogen-bond acceptors (Lipinski definition) is 2. The summed E-state index contributed by atoms with van der Waals surface area (Å²) in [5.41, 5.74) is 0. The van der Waals surface area contributed by atoms with Gasteiger partial charge in [-0.3, -0.25) is 0 Å². The lowest BCUT2D eigenvalue weighted by Gasteiger charge is -2.35. The summed E-state index contributed by atoms with van der Waals surface area (Å²) in [6.45, 7) is 10.6. The Labute approximate surface area is 229 Å². The van der Waals surface area contributed by atoms with Gasteiger partial charge in [0.1, 0.15) is 6.17 Å². The van der Waals surface area contributed by atoms with E-state index in [1.165, 1.54) is 167 Å². The molecule has 0 saturated carbocycles. The molecular formula is C34H68N2. The Bertz CT molecular complexity index is 472. The largest absolute Gasteiger partial charge is 0.356 e. The highest BCUT2D eigenvalue weighted by atomic mass is 15.4. The third kappa shape index (κ3) is 17.7. The minimum atomic E-state index is 0.607. The van der Waals surface area contributed by atoms with Gasteiger partial charge >= 0.3 is 0 Å². The Morgan fingerprint density at radius 1 is 0.472 bits per heavy atom. The molecule has 0 aromatic heterocycles. The van der Waals surface area contributed by atoms with E-state index in [2.05, 4.69) is 49.9 Å². The molecule has 0 spiro atoms. The van der Waals surface area contributed by atoms with Gasteiger partial charge in [0, 0.05) is 25.0 Å². The van der Waals surface area contributed by atoms with Crippen LogP contribution in [-0.4, -0.2) is 28.6 Å². The van der Waals surface area contributed by atoms with Crippen LogP contribution in [0.1, 0.15) is 188 Å². The quantitative estimate of drug-likeness (QED) is 0.103. The molecule has 214 valence electrons. The third-order valence-corrected chi connectivity index (χ3v) is 8.34. The molecule has 0 aliphatic carbocycles. The van der Waals surface area contributed by atoms with Crippen LogP contribution in [-0.2, 0) is 0 Å². The van der Waals surface area contributed by atoms with Gasteiger partial charge in [-0.15, -0.1) is 0 Å². The molecule has 0 aromatic carbocycles. The van der Waals surface area contributed by atoms with E-state index >= 15 is 0 Å². The Morgan fingerprint density at radius 3 is 1.22 bits per heavy atom. The topological polar surface area (TPSA) is 6.48 Å². The molecular weight excluding hydrogens is 436 g/mol. The van der Waals surface area contributed by atoms with Crippen molar-refractivity contribution in [3.8, 4) is 0 Å². The average Bonchev–Trinajstić information content (AvgIpc) is 3.28. The van der Waals surface area contributed by atoms with Gasteiger partial charge in [-0.2, -0.15) is 0 Å². The lowest BCUT2D eigenvalue weighted by Crippen LogP contribution is -2.42. The summed E-state index contributed by atoms with van der Waals surface area (Å²) in [6, 6.07) is 0.607. The third-order valence-electron chi connectivity index (χ3n) is 8.34.